The highest BCUT2D eigenvalue weighted by molar-refractivity contribution is 7.91. The molecule has 1 unspecified atom stereocenters. The second-order valence-electron chi connectivity index (χ2n) is 7.49. The average Bonchev–Trinajstić information content (AvgIpc) is 3.11. The molecule has 0 aliphatic carbocycles. The molecule has 0 saturated carbocycles. The molecule has 2 aromatic heterocycles. The van der Waals surface area contributed by atoms with Gasteiger partial charge in [0.1, 0.15) is 18.0 Å². The van der Waals surface area contributed by atoms with Gasteiger partial charge in [-0.15, -0.1) is 0 Å². The summed E-state index contributed by atoms with van der Waals surface area (Å²) in [6, 6.07) is 12.8. The second-order valence-corrected chi connectivity index (χ2v) is 9.76. The van der Waals surface area contributed by atoms with Gasteiger partial charge < -0.3 is 14.8 Å². The van der Waals surface area contributed by atoms with Gasteiger partial charge in [0.25, 0.3) is 0 Å². The Kier molecular flexibility index (Phi) is 5.26. The van der Waals surface area contributed by atoms with Crippen molar-refractivity contribution in [3.05, 3.63) is 54.2 Å². The van der Waals surface area contributed by atoms with Crippen molar-refractivity contribution in [3.63, 3.8) is 0 Å². The highest BCUT2D eigenvalue weighted by atomic mass is 32.2. The molecule has 2 N–H and O–H groups in total. The van der Waals surface area contributed by atoms with Crippen LogP contribution in [0, 0.1) is 6.92 Å². The van der Waals surface area contributed by atoms with Crippen LogP contribution in [0.5, 0.6) is 5.75 Å². The molecule has 0 spiro atoms. The number of H-pyrrole nitrogens is 1. The number of hydrogen-bond donors (Lipinski definition) is 2. The van der Waals surface area contributed by atoms with Crippen molar-refractivity contribution < 1.29 is 18.3 Å². The molecule has 0 fully saturated rings. The van der Waals surface area contributed by atoms with Gasteiger partial charge >= 0.3 is 0 Å². The van der Waals surface area contributed by atoms with E-state index in [9.17, 15) is 13.5 Å². The highest BCUT2D eigenvalue weighted by Gasteiger charge is 2.18. The van der Waals surface area contributed by atoms with E-state index in [2.05, 4.69) is 16.0 Å². The third-order valence-electron chi connectivity index (χ3n) is 5.07. The zero-order valence-corrected chi connectivity index (χ0v) is 18.0. The Balaban J connectivity index is 1.99. The molecule has 156 valence electrons. The van der Waals surface area contributed by atoms with Gasteiger partial charge in [0.15, 0.2) is 9.84 Å². The second kappa shape index (κ2) is 7.74. The van der Waals surface area contributed by atoms with Crippen molar-refractivity contribution in [3.8, 4) is 16.9 Å². The zero-order chi connectivity index (χ0) is 21.5. The molecule has 0 bridgehead atoms. The predicted octanol–water partition coefficient (Wildman–Crippen LogP) is 4.24. The molecule has 0 amide bonds. The summed E-state index contributed by atoms with van der Waals surface area (Å²) in [5.74, 6) is 0.663. The number of sulfone groups is 1. The first-order valence-corrected chi connectivity index (χ1v) is 11.5. The summed E-state index contributed by atoms with van der Waals surface area (Å²) in [6.45, 7) is 5.46. The first kappa shape index (κ1) is 20.4. The molecular weight excluding hydrogens is 400 g/mol. The Morgan fingerprint density at radius 2 is 2.00 bits per heavy atom. The van der Waals surface area contributed by atoms with E-state index in [4.69, 9.17) is 4.74 Å². The molecule has 4 aromatic rings. The van der Waals surface area contributed by atoms with E-state index in [-0.39, 0.29) is 12.4 Å². The summed E-state index contributed by atoms with van der Waals surface area (Å²) in [4.78, 5) is 8.14. The maximum Gasteiger partial charge on any atom is 0.178 e. The van der Waals surface area contributed by atoms with E-state index in [1.165, 1.54) is 0 Å². The number of aliphatic hydroxyl groups is 1. The van der Waals surface area contributed by atoms with Crippen LogP contribution >= 0.6 is 0 Å². The van der Waals surface area contributed by atoms with Crippen LogP contribution in [0.3, 0.4) is 0 Å². The van der Waals surface area contributed by atoms with Crippen molar-refractivity contribution in [1.82, 2.24) is 9.97 Å². The van der Waals surface area contributed by atoms with Gasteiger partial charge in [0, 0.05) is 17.0 Å². The Labute approximate surface area is 175 Å². The number of benzene rings is 2. The topological polar surface area (TPSA) is 92.3 Å². The molecule has 2 aromatic carbocycles. The molecule has 6 nitrogen and oxygen atoms in total. The number of aromatic nitrogens is 2. The monoisotopic (exact) mass is 424 g/mol. The minimum Gasteiger partial charge on any atom is -0.489 e. The summed E-state index contributed by atoms with van der Waals surface area (Å²) in [6.07, 6.45) is 1.20. The van der Waals surface area contributed by atoms with Gasteiger partial charge in [-0.1, -0.05) is 19.1 Å². The van der Waals surface area contributed by atoms with E-state index in [1.807, 2.05) is 25.1 Å². The minimum absolute atomic E-state index is 0.0498. The number of rotatable bonds is 6. The molecule has 7 heteroatoms. The van der Waals surface area contributed by atoms with Crippen LogP contribution in [0.15, 0.2) is 53.6 Å². The van der Waals surface area contributed by atoms with Gasteiger partial charge in [-0.05, 0) is 60.9 Å². The third-order valence-corrected chi connectivity index (χ3v) is 6.80. The first-order valence-electron chi connectivity index (χ1n) is 9.85. The fourth-order valence-electron chi connectivity index (χ4n) is 3.56. The number of aliphatic hydroxyl groups excluding tert-OH is 1. The Morgan fingerprint density at radius 1 is 1.20 bits per heavy atom. The molecule has 0 aliphatic rings. The Morgan fingerprint density at radius 3 is 2.73 bits per heavy atom. The van der Waals surface area contributed by atoms with Crippen LogP contribution in [0.25, 0.3) is 33.1 Å². The van der Waals surface area contributed by atoms with Crippen molar-refractivity contribution in [2.24, 2.45) is 0 Å². The van der Waals surface area contributed by atoms with E-state index in [0.717, 1.165) is 38.6 Å². The van der Waals surface area contributed by atoms with Crippen LogP contribution < -0.4 is 4.74 Å². The minimum atomic E-state index is -3.32. The lowest BCUT2D eigenvalue weighted by molar-refractivity contribution is 0.123. The number of nitrogens with one attached hydrogen (secondary N) is 1. The Hall–Kier alpha value is -2.90. The normalized spacial score (nSPS) is 13.1. The molecule has 4 rings (SSSR count). The van der Waals surface area contributed by atoms with E-state index in [0.29, 0.717) is 10.6 Å². The third kappa shape index (κ3) is 3.66. The van der Waals surface area contributed by atoms with Crippen molar-refractivity contribution in [2.45, 2.75) is 31.8 Å². The molecule has 0 saturated heterocycles. The number of nitrogens with zero attached hydrogens (tertiary/aromatic N) is 1. The summed E-state index contributed by atoms with van der Waals surface area (Å²) >= 11 is 0. The number of ether oxygens (including phenoxy) is 1. The van der Waals surface area contributed by atoms with E-state index < -0.39 is 15.9 Å². The summed E-state index contributed by atoms with van der Waals surface area (Å²) in [5, 5.41) is 11.5. The number of hydrogen-bond acceptors (Lipinski definition) is 5. The quantitative estimate of drug-likeness (QED) is 0.483. The van der Waals surface area contributed by atoms with Crippen LogP contribution in [-0.2, 0) is 9.84 Å². The molecular formula is C23H24N2O4S. The smallest absolute Gasteiger partial charge is 0.178 e. The fourth-order valence-corrected chi connectivity index (χ4v) is 4.49. The summed E-state index contributed by atoms with van der Waals surface area (Å²) in [7, 11) is -3.32. The number of pyridine rings is 1. The summed E-state index contributed by atoms with van der Waals surface area (Å²) in [5.41, 5.74) is 4.21. The largest absolute Gasteiger partial charge is 0.489 e. The van der Waals surface area contributed by atoms with Gasteiger partial charge in [-0.25, -0.2) is 13.4 Å². The van der Waals surface area contributed by atoms with Crippen molar-refractivity contribution >= 4 is 31.8 Å². The lowest BCUT2D eigenvalue weighted by Gasteiger charge is -2.12. The van der Waals surface area contributed by atoms with Gasteiger partial charge in [-0.3, -0.25) is 0 Å². The highest BCUT2D eigenvalue weighted by Crippen LogP contribution is 2.39. The molecule has 2 heterocycles. The van der Waals surface area contributed by atoms with Crippen LogP contribution in [-0.4, -0.2) is 42.0 Å². The van der Waals surface area contributed by atoms with Crippen molar-refractivity contribution in [2.75, 3.05) is 12.4 Å². The molecule has 0 radical (unpaired) electrons. The van der Waals surface area contributed by atoms with Gasteiger partial charge in [0.2, 0.25) is 0 Å². The first-order chi connectivity index (χ1) is 14.3. The molecule has 1 atom stereocenters. The maximum atomic E-state index is 12.4. The number of fused-ring (bicyclic) bond motifs is 3. The summed E-state index contributed by atoms with van der Waals surface area (Å²) < 4.78 is 30.6. The van der Waals surface area contributed by atoms with Crippen LogP contribution in [0.4, 0.5) is 0 Å². The van der Waals surface area contributed by atoms with Crippen LogP contribution in [0.1, 0.15) is 19.4 Å². The SMILES string of the molecule is CCS(=O)(=O)c1cccc(-c2ccc(OCC(C)O)c3[nH]c4ncc(C)cc4c23)c1. The Bertz CT molecular complexity index is 1340. The zero-order valence-electron chi connectivity index (χ0n) is 17.1. The maximum absolute atomic E-state index is 12.4. The van der Waals surface area contributed by atoms with E-state index >= 15 is 0 Å². The lowest BCUT2D eigenvalue weighted by atomic mass is 9.99. The van der Waals surface area contributed by atoms with E-state index in [1.54, 1.807) is 38.2 Å². The predicted molar refractivity (Wildman–Crippen MR) is 119 cm³/mol. The lowest BCUT2D eigenvalue weighted by Crippen LogP contribution is -2.12. The van der Waals surface area contributed by atoms with Gasteiger partial charge in [0.05, 0.1) is 22.3 Å². The fraction of sp³-hybridized carbons (Fsp3) is 0.261. The van der Waals surface area contributed by atoms with Crippen molar-refractivity contribution in [1.29, 1.82) is 0 Å². The molecule has 30 heavy (non-hydrogen) atoms. The van der Waals surface area contributed by atoms with Crippen LogP contribution in [0.2, 0.25) is 0 Å². The van der Waals surface area contributed by atoms with Gasteiger partial charge in [-0.2, -0.15) is 0 Å². The number of aromatic amines is 1. The average molecular weight is 425 g/mol. The number of aryl methyl sites for hydroxylation is 1. The molecule has 0 aliphatic heterocycles. The standard InChI is InChI=1S/C23H24N2O4S/c1-4-30(27,28)17-7-5-6-16(11-17)18-8-9-20(29-13-15(3)26)22-21(18)19-10-14(2)12-24-23(19)25-22/h5-12,15,26H,4,13H2,1-3H3,(H,24,25).